The number of hydrogen-bond donors (Lipinski definition) is 2. The fraction of sp³-hybridized carbons (Fsp3) is 0.571. The number of para-hydroxylation sites is 1. The lowest BCUT2D eigenvalue weighted by atomic mass is 10.2. The number of benzene rings is 1. The molecule has 2 fully saturated rings. The maximum atomic E-state index is 12.3. The van der Waals surface area contributed by atoms with Gasteiger partial charge in [-0.3, -0.25) is 14.4 Å². The lowest BCUT2D eigenvalue weighted by molar-refractivity contribution is -0.131. The summed E-state index contributed by atoms with van der Waals surface area (Å²) in [6, 6.07) is 10.2. The summed E-state index contributed by atoms with van der Waals surface area (Å²) in [5, 5.41) is 5.56. The maximum absolute atomic E-state index is 12.3. The highest BCUT2D eigenvalue weighted by Crippen LogP contribution is 2.37. The maximum Gasteiger partial charge on any atom is 0.224 e. The van der Waals surface area contributed by atoms with Crippen LogP contribution in [0, 0.1) is 11.8 Å². The minimum Gasteiger partial charge on any atom is -0.368 e. The van der Waals surface area contributed by atoms with Gasteiger partial charge in [0.25, 0.3) is 0 Å². The highest BCUT2D eigenvalue weighted by atomic mass is 16.2. The Morgan fingerprint density at radius 1 is 0.964 bits per heavy atom. The fourth-order valence-electron chi connectivity index (χ4n) is 3.53. The highest BCUT2D eigenvalue weighted by molar-refractivity contribution is 5.83. The normalized spacial score (nSPS) is 21.2. The zero-order chi connectivity index (χ0) is 19.9. The lowest BCUT2D eigenvalue weighted by Crippen LogP contribution is -2.49. The van der Waals surface area contributed by atoms with E-state index < -0.39 is 0 Å². The molecule has 152 valence electrons. The van der Waals surface area contributed by atoms with E-state index in [1.54, 1.807) is 0 Å². The molecule has 7 nitrogen and oxygen atoms in total. The molecule has 1 saturated heterocycles. The van der Waals surface area contributed by atoms with Gasteiger partial charge in [-0.15, -0.1) is 0 Å². The van der Waals surface area contributed by atoms with Gasteiger partial charge < -0.3 is 20.4 Å². The molecule has 2 aliphatic rings. The Kier molecular flexibility index (Phi) is 6.90. The fourth-order valence-corrected chi connectivity index (χ4v) is 3.53. The average molecular weight is 386 g/mol. The third-order valence-corrected chi connectivity index (χ3v) is 5.51. The molecule has 7 heteroatoms. The van der Waals surface area contributed by atoms with Crippen molar-refractivity contribution in [2.45, 2.75) is 26.2 Å². The van der Waals surface area contributed by atoms with Crippen molar-refractivity contribution in [2.24, 2.45) is 11.8 Å². The van der Waals surface area contributed by atoms with Crippen LogP contribution in [0.15, 0.2) is 30.3 Å². The Labute approximate surface area is 166 Å². The Bertz CT molecular complexity index is 686. The summed E-state index contributed by atoms with van der Waals surface area (Å²) in [5.74, 6) is 0.581. The molecule has 3 rings (SSSR count). The van der Waals surface area contributed by atoms with Crippen LogP contribution in [0.1, 0.15) is 26.2 Å². The predicted molar refractivity (Wildman–Crippen MR) is 108 cm³/mol. The second kappa shape index (κ2) is 9.57. The number of amides is 3. The molecule has 1 aliphatic heterocycles. The van der Waals surface area contributed by atoms with Crippen molar-refractivity contribution in [2.75, 3.05) is 44.2 Å². The lowest BCUT2D eigenvalue weighted by Gasteiger charge is -2.36. The van der Waals surface area contributed by atoms with Gasteiger partial charge in [-0.25, -0.2) is 0 Å². The Balaban J connectivity index is 1.26. The van der Waals surface area contributed by atoms with Gasteiger partial charge in [0.1, 0.15) is 0 Å². The van der Waals surface area contributed by atoms with Gasteiger partial charge in [0.15, 0.2) is 0 Å². The molecule has 1 aromatic rings. The number of anilines is 1. The molecular formula is C21H30N4O3. The summed E-state index contributed by atoms with van der Waals surface area (Å²) in [4.78, 5) is 40.0. The zero-order valence-corrected chi connectivity index (χ0v) is 16.5. The van der Waals surface area contributed by atoms with Gasteiger partial charge in [0.05, 0.1) is 0 Å². The molecule has 1 saturated carbocycles. The molecule has 1 heterocycles. The first kappa shape index (κ1) is 20.2. The molecule has 2 unspecified atom stereocenters. The molecular weight excluding hydrogens is 356 g/mol. The second-order valence-corrected chi connectivity index (χ2v) is 7.66. The minimum absolute atomic E-state index is 0.0464. The van der Waals surface area contributed by atoms with Crippen LogP contribution < -0.4 is 15.5 Å². The van der Waals surface area contributed by atoms with Crippen LogP contribution in [-0.4, -0.2) is 61.9 Å². The van der Waals surface area contributed by atoms with E-state index in [0.717, 1.165) is 19.5 Å². The van der Waals surface area contributed by atoms with Crippen LogP contribution >= 0.6 is 0 Å². The van der Waals surface area contributed by atoms with Crippen LogP contribution in [0.5, 0.6) is 0 Å². The third kappa shape index (κ3) is 5.71. The van der Waals surface area contributed by atoms with Crippen LogP contribution in [0.2, 0.25) is 0 Å². The first-order chi connectivity index (χ1) is 13.5. The number of nitrogens with zero attached hydrogens (tertiary/aromatic N) is 2. The summed E-state index contributed by atoms with van der Waals surface area (Å²) in [5.41, 5.74) is 1.19. The molecule has 0 bridgehead atoms. The van der Waals surface area contributed by atoms with Crippen LogP contribution in [-0.2, 0) is 14.4 Å². The number of carbonyl (C=O) groups is 3. The number of carbonyl (C=O) groups excluding carboxylic acids is 3. The number of nitrogens with one attached hydrogen (secondary N) is 2. The summed E-state index contributed by atoms with van der Waals surface area (Å²) in [6.45, 7) is 5.78. The molecule has 28 heavy (non-hydrogen) atoms. The summed E-state index contributed by atoms with van der Waals surface area (Å²) >= 11 is 0. The minimum atomic E-state index is -0.133. The van der Waals surface area contributed by atoms with Crippen molar-refractivity contribution in [3.63, 3.8) is 0 Å². The predicted octanol–water partition coefficient (Wildman–Crippen LogP) is 1.00. The van der Waals surface area contributed by atoms with Crippen LogP contribution in [0.4, 0.5) is 5.69 Å². The highest BCUT2D eigenvalue weighted by Gasteiger charge is 2.38. The van der Waals surface area contributed by atoms with E-state index in [0.29, 0.717) is 38.5 Å². The van der Waals surface area contributed by atoms with Crippen molar-refractivity contribution in [1.82, 2.24) is 15.5 Å². The van der Waals surface area contributed by atoms with Gasteiger partial charge >= 0.3 is 0 Å². The largest absolute Gasteiger partial charge is 0.368 e. The second-order valence-electron chi connectivity index (χ2n) is 7.66. The monoisotopic (exact) mass is 386 g/mol. The molecule has 0 spiro atoms. The van der Waals surface area contributed by atoms with Gasteiger partial charge in [-0.1, -0.05) is 25.1 Å². The number of piperazine rings is 1. The van der Waals surface area contributed by atoms with E-state index in [-0.39, 0.29) is 30.1 Å². The smallest absolute Gasteiger partial charge is 0.224 e. The Hall–Kier alpha value is -2.57. The van der Waals surface area contributed by atoms with Gasteiger partial charge in [0.2, 0.25) is 17.7 Å². The molecule has 1 aliphatic carbocycles. The van der Waals surface area contributed by atoms with Crippen molar-refractivity contribution < 1.29 is 14.4 Å². The first-order valence-corrected chi connectivity index (χ1v) is 10.2. The van der Waals surface area contributed by atoms with Crippen molar-refractivity contribution in [1.29, 1.82) is 0 Å². The molecule has 2 atom stereocenters. The standard InChI is InChI=1S/C21H30N4O3/c1-16-15-18(16)21(28)23-9-7-19(26)22-10-8-20(27)25-13-11-24(12-14-25)17-5-3-2-4-6-17/h2-6,16,18H,7-15H2,1H3,(H,22,26)(H,23,28). The molecule has 2 N–H and O–H groups in total. The van der Waals surface area contributed by atoms with Crippen molar-refractivity contribution in [3.05, 3.63) is 30.3 Å². The number of rotatable bonds is 8. The topological polar surface area (TPSA) is 81.8 Å². The van der Waals surface area contributed by atoms with Crippen molar-refractivity contribution >= 4 is 23.4 Å². The quantitative estimate of drug-likeness (QED) is 0.699. The van der Waals surface area contributed by atoms with Gasteiger partial charge in [-0.2, -0.15) is 0 Å². The van der Waals surface area contributed by atoms with E-state index in [9.17, 15) is 14.4 Å². The Morgan fingerprint density at radius 3 is 2.25 bits per heavy atom. The summed E-state index contributed by atoms with van der Waals surface area (Å²) in [6.07, 6.45) is 1.50. The molecule has 1 aromatic carbocycles. The molecule has 3 amide bonds. The Morgan fingerprint density at radius 2 is 1.61 bits per heavy atom. The number of hydrogen-bond acceptors (Lipinski definition) is 4. The van der Waals surface area contributed by atoms with Crippen molar-refractivity contribution in [3.8, 4) is 0 Å². The van der Waals surface area contributed by atoms with E-state index in [4.69, 9.17) is 0 Å². The average Bonchev–Trinajstić information content (AvgIpc) is 3.45. The first-order valence-electron chi connectivity index (χ1n) is 10.2. The van der Waals surface area contributed by atoms with Crippen LogP contribution in [0.25, 0.3) is 0 Å². The van der Waals surface area contributed by atoms with Gasteiger partial charge in [-0.05, 0) is 24.5 Å². The molecule has 0 radical (unpaired) electrons. The van der Waals surface area contributed by atoms with E-state index in [1.165, 1.54) is 5.69 Å². The SMILES string of the molecule is CC1CC1C(=O)NCCC(=O)NCCC(=O)N1CCN(c2ccccc2)CC1. The summed E-state index contributed by atoms with van der Waals surface area (Å²) in [7, 11) is 0. The van der Waals surface area contributed by atoms with E-state index >= 15 is 0 Å². The zero-order valence-electron chi connectivity index (χ0n) is 16.5. The van der Waals surface area contributed by atoms with Crippen LogP contribution in [0.3, 0.4) is 0 Å². The molecule has 0 aromatic heterocycles. The van der Waals surface area contributed by atoms with E-state index in [2.05, 4.69) is 34.6 Å². The van der Waals surface area contributed by atoms with E-state index in [1.807, 2.05) is 23.1 Å². The summed E-state index contributed by atoms with van der Waals surface area (Å²) < 4.78 is 0. The third-order valence-electron chi connectivity index (χ3n) is 5.51. The van der Waals surface area contributed by atoms with Gasteiger partial charge in [0, 0.05) is 63.7 Å².